The number of halogens is 2. The monoisotopic (exact) mass is 727 g/mol. The van der Waals surface area contributed by atoms with Crippen LogP contribution in [0.25, 0.3) is 11.0 Å². The van der Waals surface area contributed by atoms with Gasteiger partial charge in [-0.3, -0.25) is 24.3 Å². The van der Waals surface area contributed by atoms with Crippen LogP contribution in [0.3, 0.4) is 0 Å². The van der Waals surface area contributed by atoms with Crippen LogP contribution in [0.4, 0.5) is 11.4 Å². The summed E-state index contributed by atoms with van der Waals surface area (Å²) < 4.78 is 18.2. The lowest BCUT2D eigenvalue weighted by molar-refractivity contribution is -0.137. The van der Waals surface area contributed by atoms with Gasteiger partial charge in [-0.25, -0.2) is 0 Å². The number of nitrogens with zero attached hydrogens (tertiary/aromatic N) is 5. The summed E-state index contributed by atoms with van der Waals surface area (Å²) in [5, 5.41) is 0.566. The molecule has 0 N–H and O–H groups in total. The normalized spacial score (nSPS) is 15.6. The fourth-order valence-corrected chi connectivity index (χ4v) is 6.46. The lowest BCUT2D eigenvalue weighted by Crippen LogP contribution is -2.49. The smallest absolute Gasteiger partial charge is 0.261 e. The van der Waals surface area contributed by atoms with E-state index in [0.29, 0.717) is 80.8 Å². The van der Waals surface area contributed by atoms with Crippen LogP contribution in [0.2, 0.25) is 0 Å². The Morgan fingerprint density at radius 2 is 1.70 bits per heavy atom. The summed E-state index contributed by atoms with van der Waals surface area (Å²) in [6.07, 6.45) is 5.71. The summed E-state index contributed by atoms with van der Waals surface area (Å²) in [4.78, 5) is 51.6. The molecule has 1 saturated carbocycles. The molecule has 1 aromatic carbocycles. The van der Waals surface area contributed by atoms with Gasteiger partial charge in [-0.05, 0) is 81.0 Å². The molecule has 1 aliphatic heterocycles. The zero-order valence-corrected chi connectivity index (χ0v) is 31.0. The van der Waals surface area contributed by atoms with Crippen LogP contribution in [0.15, 0.2) is 64.1 Å². The Bertz CT molecular complexity index is 1870. The molecule has 4 aromatic rings. The first-order valence-electron chi connectivity index (χ1n) is 16.6. The first-order chi connectivity index (χ1) is 23.1. The third kappa shape index (κ3) is 8.24. The van der Waals surface area contributed by atoms with Gasteiger partial charge in [0.1, 0.15) is 16.8 Å². The number of amides is 2. The standard InChI is InChI=1S/C37H45N5O6.2ClH/c1-25-19-29-33(48-25)12-14-40(34(29)43)16-15-39(23-28-7-6-13-38-30(28)24-47-5)21-27-10-11-31-32(20-27)41(17-18-46-4)35(44)37(2,3)36(45)42(31)22-26-8-9-26;;/h6-7,10-14,19-20,26H,8-9,15-18,21-24H2,1-5H3;2*1H. The van der Waals surface area contributed by atoms with Gasteiger partial charge >= 0.3 is 0 Å². The second kappa shape index (κ2) is 16.5. The van der Waals surface area contributed by atoms with Gasteiger partial charge in [-0.15, -0.1) is 24.8 Å². The molecular weight excluding hydrogens is 681 g/mol. The van der Waals surface area contributed by atoms with Crippen molar-refractivity contribution in [3.05, 3.63) is 87.8 Å². The molecule has 1 fully saturated rings. The summed E-state index contributed by atoms with van der Waals surface area (Å²) in [6, 6.07) is 13.6. The van der Waals surface area contributed by atoms with Crippen molar-refractivity contribution in [2.75, 3.05) is 50.3 Å². The summed E-state index contributed by atoms with van der Waals surface area (Å²) in [6.45, 7) is 9.06. The maximum atomic E-state index is 14.0. The quantitative estimate of drug-likeness (QED) is 0.151. The first-order valence-corrected chi connectivity index (χ1v) is 16.6. The molecule has 2 aliphatic rings. The highest BCUT2D eigenvalue weighted by molar-refractivity contribution is 6.20. The van der Waals surface area contributed by atoms with Crippen LogP contribution in [0.1, 0.15) is 49.3 Å². The van der Waals surface area contributed by atoms with Crippen LogP contribution in [-0.4, -0.2) is 66.7 Å². The minimum atomic E-state index is -1.21. The van der Waals surface area contributed by atoms with E-state index >= 15 is 0 Å². The van der Waals surface area contributed by atoms with Crippen molar-refractivity contribution in [1.82, 2.24) is 14.5 Å². The number of fused-ring (bicyclic) bond motifs is 2. The second-order valence-electron chi connectivity index (χ2n) is 13.5. The van der Waals surface area contributed by atoms with E-state index in [2.05, 4.69) is 9.88 Å². The molecule has 3 aromatic heterocycles. The van der Waals surface area contributed by atoms with Gasteiger partial charge in [-0.2, -0.15) is 0 Å². The number of ether oxygens (including phenoxy) is 2. The van der Waals surface area contributed by atoms with Gasteiger partial charge in [-0.1, -0.05) is 12.1 Å². The maximum Gasteiger partial charge on any atom is 0.261 e. The number of aromatic nitrogens is 2. The van der Waals surface area contributed by atoms with Gasteiger partial charge < -0.3 is 28.3 Å². The predicted molar refractivity (Wildman–Crippen MR) is 198 cm³/mol. The maximum absolute atomic E-state index is 14.0. The number of benzene rings is 1. The fourth-order valence-electron chi connectivity index (χ4n) is 6.46. The van der Waals surface area contributed by atoms with E-state index in [1.165, 1.54) is 0 Å². The Hall–Kier alpha value is -3.74. The third-order valence-electron chi connectivity index (χ3n) is 9.34. The fraction of sp³-hybridized carbons (Fsp3) is 0.459. The summed E-state index contributed by atoms with van der Waals surface area (Å²) in [5.74, 6) is 0.739. The van der Waals surface area contributed by atoms with E-state index in [9.17, 15) is 14.4 Å². The van der Waals surface area contributed by atoms with E-state index in [1.807, 2.05) is 48.2 Å². The summed E-state index contributed by atoms with van der Waals surface area (Å²) >= 11 is 0. The number of pyridine rings is 2. The largest absolute Gasteiger partial charge is 0.461 e. The average molecular weight is 729 g/mol. The highest BCUT2D eigenvalue weighted by atomic mass is 35.5. The van der Waals surface area contributed by atoms with Gasteiger partial charge in [0.25, 0.3) is 5.56 Å². The molecule has 1 aliphatic carbocycles. The van der Waals surface area contributed by atoms with Crippen molar-refractivity contribution >= 4 is 59.0 Å². The second-order valence-corrected chi connectivity index (χ2v) is 13.5. The van der Waals surface area contributed by atoms with Crippen LogP contribution in [-0.2, 0) is 45.3 Å². The topological polar surface area (TPSA) is 110 Å². The molecule has 2 amide bonds. The zero-order valence-electron chi connectivity index (χ0n) is 29.3. The number of anilines is 2. The van der Waals surface area contributed by atoms with Crippen LogP contribution in [0, 0.1) is 18.3 Å². The Kier molecular flexibility index (Phi) is 12.9. The van der Waals surface area contributed by atoms with Gasteiger partial charge in [0.15, 0.2) is 0 Å². The Labute approximate surface area is 305 Å². The molecule has 0 bridgehead atoms. The minimum absolute atomic E-state index is 0. The van der Waals surface area contributed by atoms with E-state index < -0.39 is 5.41 Å². The van der Waals surface area contributed by atoms with Crippen LogP contribution >= 0.6 is 24.8 Å². The number of carbonyl (C=O) groups is 2. The van der Waals surface area contributed by atoms with Crippen molar-refractivity contribution in [2.45, 2.75) is 59.9 Å². The Morgan fingerprint density at radius 3 is 2.42 bits per heavy atom. The SMILES string of the molecule is COCCN1C(=O)C(C)(C)C(=O)N(CC2CC2)c2ccc(CN(CCn3ccc4oc(C)cc4c3=O)Cc3cccnc3COC)cc21.Cl.Cl. The molecular formula is C37H47Cl2N5O6. The molecule has 11 nitrogen and oxygen atoms in total. The molecule has 50 heavy (non-hydrogen) atoms. The molecule has 13 heteroatoms. The van der Waals surface area contributed by atoms with E-state index in [4.69, 9.17) is 13.9 Å². The zero-order chi connectivity index (χ0) is 34.0. The molecule has 0 spiro atoms. The Morgan fingerprint density at radius 1 is 0.940 bits per heavy atom. The number of rotatable bonds is 14. The van der Waals surface area contributed by atoms with Gasteiger partial charge in [0.2, 0.25) is 11.8 Å². The molecule has 270 valence electrons. The lowest BCUT2D eigenvalue weighted by atomic mass is 9.90. The molecule has 6 rings (SSSR count). The van der Waals surface area contributed by atoms with Crippen molar-refractivity contribution in [2.24, 2.45) is 11.3 Å². The average Bonchev–Trinajstić information content (AvgIpc) is 3.82. The molecule has 0 radical (unpaired) electrons. The number of aryl methyl sites for hydroxylation is 1. The lowest BCUT2D eigenvalue weighted by Gasteiger charge is -2.28. The van der Waals surface area contributed by atoms with E-state index in [1.54, 1.807) is 56.0 Å². The van der Waals surface area contributed by atoms with Gasteiger partial charge in [0, 0.05) is 65.9 Å². The third-order valence-corrected chi connectivity index (χ3v) is 9.34. The van der Waals surface area contributed by atoms with Crippen LogP contribution in [0.5, 0.6) is 0 Å². The van der Waals surface area contributed by atoms with Crippen molar-refractivity contribution < 1.29 is 23.5 Å². The minimum Gasteiger partial charge on any atom is -0.461 e. The number of hydrogen-bond donors (Lipinski definition) is 0. The molecule has 0 saturated heterocycles. The Balaban J connectivity index is 0.00000281. The number of hydrogen-bond acceptors (Lipinski definition) is 8. The molecule has 0 atom stereocenters. The number of methoxy groups -OCH3 is 2. The molecule has 0 unspecified atom stereocenters. The first kappa shape index (κ1) is 39.1. The summed E-state index contributed by atoms with van der Waals surface area (Å²) in [5.41, 5.74) is 3.61. The van der Waals surface area contributed by atoms with Crippen molar-refractivity contribution in [3.8, 4) is 0 Å². The van der Waals surface area contributed by atoms with Gasteiger partial charge in [0.05, 0.1) is 35.7 Å². The number of furan rings is 1. The highest BCUT2D eigenvalue weighted by Gasteiger charge is 2.47. The van der Waals surface area contributed by atoms with Crippen LogP contribution < -0.4 is 15.4 Å². The van der Waals surface area contributed by atoms with E-state index in [0.717, 1.165) is 35.3 Å². The predicted octanol–water partition coefficient (Wildman–Crippen LogP) is 5.75. The van der Waals surface area contributed by atoms with Crippen molar-refractivity contribution in [3.63, 3.8) is 0 Å². The number of carbonyl (C=O) groups excluding carboxylic acids is 2. The highest BCUT2D eigenvalue weighted by Crippen LogP contribution is 2.42. The van der Waals surface area contributed by atoms with E-state index in [-0.39, 0.29) is 42.2 Å². The molecule has 4 heterocycles. The summed E-state index contributed by atoms with van der Waals surface area (Å²) in [7, 11) is 3.27. The van der Waals surface area contributed by atoms with Crippen molar-refractivity contribution in [1.29, 1.82) is 0 Å².